The molecule has 3 fully saturated rings. The Morgan fingerprint density at radius 1 is 0.906 bits per heavy atom. The second kappa shape index (κ2) is 21.8. The van der Waals surface area contributed by atoms with Crippen LogP contribution in [0.25, 0.3) is 0 Å². The van der Waals surface area contributed by atoms with Gasteiger partial charge in [0.2, 0.25) is 35.4 Å². The molecule has 0 radical (unpaired) electrons. The Bertz CT molecular complexity index is 1270. The van der Waals surface area contributed by atoms with Gasteiger partial charge in [0.05, 0.1) is 11.8 Å². The van der Waals surface area contributed by atoms with Gasteiger partial charge in [-0.2, -0.15) is 0 Å². The molecule has 16 nitrogen and oxygen atoms in total. The Hall–Kier alpha value is -3.79. The summed E-state index contributed by atoms with van der Waals surface area (Å²) in [4.78, 5) is 96.5. The van der Waals surface area contributed by atoms with Crippen LogP contribution >= 0.6 is 0 Å². The van der Waals surface area contributed by atoms with E-state index in [2.05, 4.69) is 38.8 Å². The number of cyclic esters (lactones) is 1. The van der Waals surface area contributed by atoms with Crippen LogP contribution in [-0.2, 0) is 38.3 Å². The van der Waals surface area contributed by atoms with Crippen molar-refractivity contribution in [2.45, 2.75) is 129 Å². The summed E-state index contributed by atoms with van der Waals surface area (Å²) in [6.45, 7) is 7.41. The van der Waals surface area contributed by atoms with Gasteiger partial charge in [-0.3, -0.25) is 33.6 Å². The second-order valence-electron chi connectivity index (χ2n) is 15.3. The fraction of sp³-hybridized carbons (Fsp3) is 0.811. The van der Waals surface area contributed by atoms with Gasteiger partial charge in [-0.25, -0.2) is 0 Å². The molecule has 2 aliphatic heterocycles. The van der Waals surface area contributed by atoms with Crippen molar-refractivity contribution in [3.8, 4) is 0 Å². The minimum Gasteiger partial charge on any atom is -0.460 e. The maximum absolute atomic E-state index is 14.2. The van der Waals surface area contributed by atoms with Crippen LogP contribution in [0.1, 0.15) is 98.3 Å². The predicted octanol–water partition coefficient (Wildman–Crippen LogP) is -0.163. The van der Waals surface area contributed by atoms with Gasteiger partial charge in [0.15, 0.2) is 0 Å². The first kappa shape index (κ1) is 43.6. The molecule has 0 spiro atoms. The van der Waals surface area contributed by atoms with E-state index in [0.29, 0.717) is 45.2 Å². The normalized spacial score (nSPS) is 28.0. The van der Waals surface area contributed by atoms with Gasteiger partial charge >= 0.3 is 5.97 Å². The smallest absolute Gasteiger partial charge is 0.325 e. The quantitative estimate of drug-likeness (QED) is 0.103. The number of amides is 6. The van der Waals surface area contributed by atoms with Crippen molar-refractivity contribution in [3.05, 3.63) is 0 Å². The number of nitrogens with two attached hydrogens (primary N) is 1. The molecular formula is C37H64N8O8. The van der Waals surface area contributed by atoms with E-state index in [1.54, 1.807) is 14.0 Å². The molecule has 0 bridgehead atoms. The predicted molar refractivity (Wildman–Crippen MR) is 198 cm³/mol. The monoisotopic (exact) mass is 748 g/mol. The summed E-state index contributed by atoms with van der Waals surface area (Å²) >= 11 is 0. The molecule has 2 heterocycles. The molecule has 53 heavy (non-hydrogen) atoms. The van der Waals surface area contributed by atoms with E-state index in [1.807, 2.05) is 13.8 Å². The van der Waals surface area contributed by atoms with Gasteiger partial charge in [0.25, 0.3) is 0 Å². The molecule has 0 aromatic heterocycles. The van der Waals surface area contributed by atoms with Crippen molar-refractivity contribution in [2.24, 2.45) is 29.4 Å². The van der Waals surface area contributed by atoms with Gasteiger partial charge in [-0.05, 0) is 43.9 Å². The number of unbranched alkanes of at least 4 members (excludes halogenated alkanes) is 3. The summed E-state index contributed by atoms with van der Waals surface area (Å²) in [5.41, 5.74) is 5.97. The van der Waals surface area contributed by atoms with Gasteiger partial charge in [0.1, 0.15) is 36.8 Å². The third-order valence-corrected chi connectivity index (χ3v) is 10.6. The van der Waals surface area contributed by atoms with E-state index in [1.165, 1.54) is 4.90 Å². The third kappa shape index (κ3) is 13.2. The van der Waals surface area contributed by atoms with Crippen molar-refractivity contribution in [1.29, 1.82) is 0 Å². The molecule has 6 amide bonds. The highest BCUT2D eigenvalue weighted by atomic mass is 16.5. The van der Waals surface area contributed by atoms with E-state index < -0.39 is 78.2 Å². The summed E-state index contributed by atoms with van der Waals surface area (Å²) in [7, 11) is 1.55. The lowest BCUT2D eigenvalue weighted by molar-refractivity contribution is -0.157. The number of carbonyl (C=O) groups excluding carboxylic acids is 7. The van der Waals surface area contributed by atoms with E-state index in [0.717, 1.165) is 38.5 Å². The van der Waals surface area contributed by atoms with Crippen molar-refractivity contribution < 1.29 is 38.3 Å². The lowest BCUT2D eigenvalue weighted by Crippen LogP contribution is -2.62. The lowest BCUT2D eigenvalue weighted by atomic mass is 9.83. The Morgan fingerprint density at radius 3 is 2.19 bits per heavy atom. The highest BCUT2D eigenvalue weighted by Gasteiger charge is 2.39. The first-order valence-corrected chi connectivity index (χ1v) is 19.6. The first-order valence-electron chi connectivity index (χ1n) is 19.6. The number of esters is 1. The second-order valence-corrected chi connectivity index (χ2v) is 15.3. The van der Waals surface area contributed by atoms with Crippen LogP contribution in [0.2, 0.25) is 0 Å². The molecule has 3 aliphatic rings. The topological polar surface area (TPSA) is 230 Å². The molecule has 0 unspecified atom stereocenters. The molecule has 1 aliphatic carbocycles. The molecule has 3 rings (SSSR count). The van der Waals surface area contributed by atoms with Gasteiger partial charge < -0.3 is 47.3 Å². The third-order valence-electron chi connectivity index (χ3n) is 10.6. The summed E-state index contributed by atoms with van der Waals surface area (Å²) in [5, 5.41) is 16.4. The number of ether oxygens (including phenoxy) is 1. The minimum atomic E-state index is -1.33. The van der Waals surface area contributed by atoms with E-state index in [4.69, 9.17) is 10.5 Å². The van der Waals surface area contributed by atoms with Crippen molar-refractivity contribution in [3.63, 3.8) is 0 Å². The molecule has 0 aromatic carbocycles. The Morgan fingerprint density at radius 2 is 1.58 bits per heavy atom. The summed E-state index contributed by atoms with van der Waals surface area (Å²) in [6, 6.07) is -4.56. The molecule has 1 saturated carbocycles. The summed E-state index contributed by atoms with van der Waals surface area (Å²) < 4.78 is 5.83. The van der Waals surface area contributed by atoms with Crippen LogP contribution in [-0.4, -0.2) is 116 Å². The van der Waals surface area contributed by atoms with Crippen molar-refractivity contribution >= 4 is 41.4 Å². The minimum absolute atomic E-state index is 0.0135. The molecule has 16 heteroatoms. The first-order chi connectivity index (χ1) is 25.3. The number of nitrogens with one attached hydrogen (secondary N) is 6. The standard InChI is InChI=1S/C37H64N8O8/c1-6-7-8-12-15-29-23(4)37(52)45(5)28(16-22(2)3)35(50)44-31(24-13-10-9-11-14-24)36(51)42-26(17-38)34(49)43-27(33(48)41-21-30(46)53-29)20-40-32(47)25-18-39-19-25/h22-29,31,39H,6-21,38H2,1-5H3,(H,40,47)(H,41,48)(H,42,51)(H,43,49)(H,44,50)/t23-,26+,27+,28+,29-,31+/m1/s1. The van der Waals surface area contributed by atoms with Crippen LogP contribution < -0.4 is 37.6 Å². The van der Waals surface area contributed by atoms with Crippen molar-refractivity contribution in [1.82, 2.24) is 36.8 Å². The number of hydrogen-bond acceptors (Lipinski definition) is 10. The zero-order chi connectivity index (χ0) is 39.1. The maximum atomic E-state index is 14.2. The largest absolute Gasteiger partial charge is 0.460 e. The number of carbonyl (C=O) groups is 7. The van der Waals surface area contributed by atoms with E-state index in [-0.39, 0.29) is 36.8 Å². The Labute approximate surface area is 314 Å². The Kier molecular flexibility index (Phi) is 17.9. The average Bonchev–Trinajstić information content (AvgIpc) is 3.11. The molecule has 300 valence electrons. The highest BCUT2D eigenvalue weighted by molar-refractivity contribution is 5.96. The summed E-state index contributed by atoms with van der Waals surface area (Å²) in [5.74, 6) is -5.44. The Balaban J connectivity index is 1.99. The van der Waals surface area contributed by atoms with Crippen molar-refractivity contribution in [2.75, 3.05) is 39.8 Å². The fourth-order valence-corrected chi connectivity index (χ4v) is 7.11. The van der Waals surface area contributed by atoms with Gasteiger partial charge in [0, 0.05) is 33.2 Å². The van der Waals surface area contributed by atoms with Crippen LogP contribution in [0.5, 0.6) is 0 Å². The number of nitrogens with zero attached hydrogens (tertiary/aromatic N) is 1. The highest BCUT2D eigenvalue weighted by Crippen LogP contribution is 2.28. The molecule has 8 N–H and O–H groups in total. The zero-order valence-electron chi connectivity index (χ0n) is 32.3. The molecule has 2 saturated heterocycles. The fourth-order valence-electron chi connectivity index (χ4n) is 7.11. The van der Waals surface area contributed by atoms with Crippen LogP contribution in [0.15, 0.2) is 0 Å². The van der Waals surface area contributed by atoms with Crippen LogP contribution in [0.3, 0.4) is 0 Å². The van der Waals surface area contributed by atoms with Crippen LogP contribution in [0, 0.1) is 23.7 Å². The SMILES string of the molecule is CCCCCC[C@H]1OC(=O)CNC(=O)[C@H](CNC(=O)C2CNC2)NC(=O)[C@H](CN)NC(=O)[C@H](C2CCCCC2)NC(=O)[C@H](CC(C)C)N(C)C(=O)[C@@H]1C. The zero-order valence-corrected chi connectivity index (χ0v) is 32.3. The van der Waals surface area contributed by atoms with E-state index >= 15 is 0 Å². The number of rotatable bonds is 12. The number of hydrogen-bond donors (Lipinski definition) is 7. The van der Waals surface area contributed by atoms with Gasteiger partial charge in [-0.1, -0.05) is 66.2 Å². The van der Waals surface area contributed by atoms with E-state index in [9.17, 15) is 33.6 Å². The molecular weight excluding hydrogens is 684 g/mol. The maximum Gasteiger partial charge on any atom is 0.325 e. The number of likely N-dealkylation sites (N-methyl/N-ethyl adjacent to an activating group) is 1. The lowest BCUT2D eigenvalue weighted by Gasteiger charge is -2.36. The molecule has 0 aromatic rings. The van der Waals surface area contributed by atoms with Crippen LogP contribution in [0.4, 0.5) is 0 Å². The average molecular weight is 749 g/mol. The van der Waals surface area contributed by atoms with Gasteiger partial charge in [-0.15, -0.1) is 0 Å². The molecule has 6 atom stereocenters. The summed E-state index contributed by atoms with van der Waals surface area (Å²) in [6.07, 6.45) is 7.50.